The molecule has 1 saturated carbocycles. The zero-order valence-electron chi connectivity index (χ0n) is 27.8. The van der Waals surface area contributed by atoms with Crippen LogP contribution in [0.1, 0.15) is 82.4 Å². The van der Waals surface area contributed by atoms with E-state index in [4.69, 9.17) is 15.9 Å². The molecule has 2 aliphatic rings. The lowest BCUT2D eigenvalue weighted by molar-refractivity contribution is -0.151. The largest absolute Gasteiger partial charge is 0.478 e. The molecule has 4 rings (SSSR count). The lowest BCUT2D eigenvalue weighted by Gasteiger charge is -2.34. The number of hydrogen-bond donors (Lipinski definition) is 5. The molecule has 5 amide bonds. The van der Waals surface area contributed by atoms with E-state index >= 15 is 0 Å². The lowest BCUT2D eigenvalue weighted by atomic mass is 9.89. The number of benzene rings is 2. The Hall–Kier alpha value is -4.94. The highest BCUT2D eigenvalue weighted by Crippen LogP contribution is 2.39. The average molecular weight is 663 g/mol. The number of nitrogens with zero attached hydrogens (tertiary/aromatic N) is 2. The van der Waals surface area contributed by atoms with Crippen LogP contribution in [-0.2, 0) is 31.2 Å². The van der Waals surface area contributed by atoms with Gasteiger partial charge in [-0.3, -0.25) is 25.2 Å². The summed E-state index contributed by atoms with van der Waals surface area (Å²) in [4.78, 5) is 70.1. The van der Waals surface area contributed by atoms with Crippen LogP contribution in [-0.4, -0.2) is 69.5 Å². The van der Waals surface area contributed by atoms with Crippen LogP contribution in [0.25, 0.3) is 0 Å². The molecule has 2 atom stereocenters. The van der Waals surface area contributed by atoms with Crippen LogP contribution >= 0.6 is 0 Å². The van der Waals surface area contributed by atoms with Crippen LogP contribution in [0.4, 0.5) is 9.59 Å². The van der Waals surface area contributed by atoms with Crippen molar-refractivity contribution in [2.45, 2.75) is 83.5 Å². The molecule has 2 aromatic carbocycles. The summed E-state index contributed by atoms with van der Waals surface area (Å²) in [5, 5.41) is 23.1. The van der Waals surface area contributed by atoms with E-state index in [1.807, 2.05) is 19.9 Å². The third-order valence-corrected chi connectivity index (χ3v) is 9.16. The molecule has 48 heavy (non-hydrogen) atoms. The van der Waals surface area contributed by atoms with Gasteiger partial charge in [-0.1, -0.05) is 87.7 Å². The highest BCUT2D eigenvalue weighted by atomic mass is 16.5. The number of rotatable bonds is 14. The fourth-order valence-electron chi connectivity index (χ4n) is 6.19. The van der Waals surface area contributed by atoms with Crippen molar-refractivity contribution < 1.29 is 33.8 Å². The number of ether oxygens (including phenoxy) is 1. The Kier molecular flexibility index (Phi) is 11.5. The maximum absolute atomic E-state index is 14.4. The summed E-state index contributed by atoms with van der Waals surface area (Å²) in [6, 6.07) is 14.5. The number of imide groups is 1. The van der Waals surface area contributed by atoms with Crippen molar-refractivity contribution in [3.8, 4) is 0 Å². The predicted molar refractivity (Wildman–Crippen MR) is 178 cm³/mol. The fourth-order valence-corrected chi connectivity index (χ4v) is 6.19. The van der Waals surface area contributed by atoms with Gasteiger partial charge in [0.2, 0.25) is 11.6 Å². The third kappa shape index (κ3) is 8.12. The van der Waals surface area contributed by atoms with Gasteiger partial charge in [0.1, 0.15) is 11.4 Å². The van der Waals surface area contributed by atoms with E-state index in [2.05, 4.69) is 10.6 Å². The first-order valence-corrected chi connectivity index (χ1v) is 16.4. The lowest BCUT2D eigenvalue weighted by Crippen LogP contribution is -2.71. The van der Waals surface area contributed by atoms with Gasteiger partial charge >= 0.3 is 18.1 Å². The quantitative estimate of drug-likeness (QED) is 0.0855. The highest BCUT2D eigenvalue weighted by Gasteiger charge is 2.58. The van der Waals surface area contributed by atoms with Gasteiger partial charge in [-0.2, -0.15) is 0 Å². The molecule has 0 radical (unpaired) electrons. The number of amides is 5. The minimum Gasteiger partial charge on any atom is -0.478 e. The van der Waals surface area contributed by atoms with Gasteiger partial charge in [-0.15, -0.1) is 0 Å². The Labute approximate surface area is 280 Å². The van der Waals surface area contributed by atoms with Crippen LogP contribution in [0.5, 0.6) is 0 Å². The number of hydrogen-bond acceptors (Lipinski definition) is 7. The molecule has 13 nitrogen and oxygen atoms in total. The van der Waals surface area contributed by atoms with E-state index in [1.165, 1.54) is 4.90 Å². The molecule has 1 saturated heterocycles. The topological polar surface area (TPSA) is 195 Å². The van der Waals surface area contributed by atoms with Gasteiger partial charge in [-0.25, -0.2) is 14.4 Å². The summed E-state index contributed by atoms with van der Waals surface area (Å²) in [5.41, 5.74) is 2.94. The molecule has 0 bridgehead atoms. The molecular weight excluding hydrogens is 616 g/mol. The number of carbonyl (C=O) groups excluding carboxylic acids is 4. The molecule has 0 aromatic heterocycles. The Morgan fingerprint density at radius 1 is 1.04 bits per heavy atom. The Morgan fingerprint density at radius 3 is 2.27 bits per heavy atom. The third-order valence-electron chi connectivity index (χ3n) is 9.16. The van der Waals surface area contributed by atoms with Crippen molar-refractivity contribution in [2.75, 3.05) is 13.2 Å². The second-order valence-corrected chi connectivity index (χ2v) is 13.2. The van der Waals surface area contributed by atoms with Crippen molar-refractivity contribution in [3.63, 3.8) is 0 Å². The molecule has 1 heterocycles. The first kappa shape index (κ1) is 35.9. The van der Waals surface area contributed by atoms with Crippen molar-refractivity contribution in [1.29, 1.82) is 5.41 Å². The average Bonchev–Trinajstić information content (AvgIpc) is 3.24. The fraction of sp³-hybridized carbons (Fsp3) is 0.486. The summed E-state index contributed by atoms with van der Waals surface area (Å²) < 4.78 is 5.44. The number of nitrogen functional groups attached to an aromatic ring is 1. The van der Waals surface area contributed by atoms with Crippen LogP contribution in [0, 0.1) is 17.2 Å². The molecule has 2 fully saturated rings. The van der Waals surface area contributed by atoms with E-state index in [0.29, 0.717) is 23.1 Å². The number of nitrogens with one attached hydrogen (secondary N) is 3. The molecule has 1 aliphatic heterocycles. The summed E-state index contributed by atoms with van der Waals surface area (Å²) >= 11 is 0. The first-order valence-electron chi connectivity index (χ1n) is 16.4. The highest BCUT2D eigenvalue weighted by molar-refractivity contribution is 6.08. The summed E-state index contributed by atoms with van der Waals surface area (Å²) in [7, 11) is 0. The molecule has 0 spiro atoms. The van der Waals surface area contributed by atoms with Gasteiger partial charge in [0, 0.05) is 18.5 Å². The Morgan fingerprint density at radius 2 is 1.69 bits per heavy atom. The number of urea groups is 1. The van der Waals surface area contributed by atoms with E-state index < -0.39 is 47.7 Å². The van der Waals surface area contributed by atoms with Crippen molar-refractivity contribution >= 4 is 35.7 Å². The minimum atomic E-state index is -2.59. The normalized spacial score (nSPS) is 19.6. The minimum absolute atomic E-state index is 0.00937. The number of carboxylic acid groups (broad SMARTS) is 1. The second-order valence-electron chi connectivity index (χ2n) is 13.2. The number of carboxylic acids is 1. The molecule has 2 aromatic rings. The number of alkyl carbamates (subject to hydrolysis) is 1. The number of carbonyl (C=O) groups is 5. The van der Waals surface area contributed by atoms with Crippen molar-refractivity contribution in [3.05, 3.63) is 71.3 Å². The summed E-state index contributed by atoms with van der Waals surface area (Å²) in [6.45, 7) is 4.53. The van der Waals surface area contributed by atoms with E-state index in [9.17, 15) is 29.1 Å². The molecule has 13 heteroatoms. The standard InChI is InChI=1S/C35H46N6O7/c1-23(2)14-19-28(42)38-35(31(44)45,39-32(46)48-21-25-12-8-5-9-13-25)22-40-30(43)34(3,27-17-15-26(16-18-27)29(36)37)41(33(40)47)20-24-10-6-4-7-11-24/h4,6-7,10-11,15-18,23,25H,5,8-9,12-14,19-22H2,1-3H3,(H3,36,37)(H,38,42)(H,39,46)(H,44,45)/t34-,35?/m0/s1. The molecule has 1 unspecified atom stereocenters. The van der Waals surface area contributed by atoms with E-state index in [0.717, 1.165) is 37.0 Å². The zero-order valence-corrected chi connectivity index (χ0v) is 27.8. The number of aliphatic carboxylic acids is 1. The van der Waals surface area contributed by atoms with E-state index in [1.54, 1.807) is 55.5 Å². The Balaban J connectivity index is 1.71. The maximum Gasteiger partial charge on any atom is 0.409 e. The molecule has 6 N–H and O–H groups in total. The number of amidine groups is 1. The summed E-state index contributed by atoms with van der Waals surface area (Å²) in [5.74, 6) is -3.03. The van der Waals surface area contributed by atoms with Crippen LogP contribution < -0.4 is 16.4 Å². The Bertz CT molecular complexity index is 1510. The van der Waals surface area contributed by atoms with Crippen molar-refractivity contribution in [2.24, 2.45) is 17.6 Å². The van der Waals surface area contributed by atoms with Gasteiger partial charge in [0.05, 0.1) is 13.2 Å². The zero-order chi connectivity index (χ0) is 35.1. The monoisotopic (exact) mass is 662 g/mol. The smallest absolute Gasteiger partial charge is 0.409 e. The van der Waals surface area contributed by atoms with E-state index in [-0.39, 0.29) is 37.2 Å². The van der Waals surface area contributed by atoms with Crippen molar-refractivity contribution in [1.82, 2.24) is 20.4 Å². The first-order chi connectivity index (χ1) is 22.8. The van der Waals surface area contributed by atoms with Crippen LogP contribution in [0.15, 0.2) is 54.6 Å². The number of nitrogens with two attached hydrogens (primary N) is 1. The molecule has 1 aliphatic carbocycles. The van der Waals surface area contributed by atoms with Gasteiger partial charge in [-0.05, 0) is 49.1 Å². The van der Waals surface area contributed by atoms with Gasteiger partial charge in [0.25, 0.3) is 5.91 Å². The molecular formula is C35H46N6O7. The SMILES string of the molecule is CC(C)CCC(=O)NC(CN1C(=O)N(Cc2ccccc2)[C@@](C)(c2ccc(C(=N)N)cc2)C1=O)(NC(=O)OCC1CCCCC1)C(=O)O. The van der Waals surface area contributed by atoms with Gasteiger partial charge < -0.3 is 25.8 Å². The predicted octanol–water partition coefficient (Wildman–Crippen LogP) is 4.29. The molecule has 258 valence electrons. The van der Waals surface area contributed by atoms with Crippen LogP contribution in [0.3, 0.4) is 0 Å². The van der Waals surface area contributed by atoms with Crippen LogP contribution in [0.2, 0.25) is 0 Å². The maximum atomic E-state index is 14.4. The van der Waals surface area contributed by atoms with Gasteiger partial charge in [0.15, 0.2) is 0 Å². The second kappa shape index (κ2) is 15.3. The summed E-state index contributed by atoms with van der Waals surface area (Å²) in [6.07, 6.45) is 4.18.